The Morgan fingerprint density at radius 1 is 1.15 bits per heavy atom. The first-order valence-corrected chi connectivity index (χ1v) is 8.95. The summed E-state index contributed by atoms with van der Waals surface area (Å²) in [6, 6.07) is 13.4. The molecule has 5 heteroatoms. The largest absolute Gasteiger partial charge is 0.399 e. The Hall–Kier alpha value is -2.06. The molecule has 0 aliphatic rings. The highest BCUT2D eigenvalue weighted by Crippen LogP contribution is 2.36. The predicted molar refractivity (Wildman–Crippen MR) is 85.0 cm³/mol. The molecular weight excluding hydrogens is 269 g/mol. The zero-order valence-corrected chi connectivity index (χ0v) is 12.3. The first-order chi connectivity index (χ1) is 9.45. The summed E-state index contributed by atoms with van der Waals surface area (Å²) in [5.41, 5.74) is 9.27. The Morgan fingerprint density at radius 2 is 1.95 bits per heavy atom. The fraction of sp³-hybridized carbons (Fsp3) is 0.133. The van der Waals surface area contributed by atoms with Crippen LogP contribution in [0, 0.1) is 0 Å². The number of hydrogen-bond donors (Lipinski definition) is 2. The first-order valence-electron chi connectivity index (χ1n) is 6.35. The second-order valence-corrected chi connectivity index (χ2v) is 8.50. The Kier molecular flexibility index (Phi) is 2.91. The van der Waals surface area contributed by atoms with Crippen molar-refractivity contribution in [2.24, 2.45) is 0 Å². The van der Waals surface area contributed by atoms with E-state index in [-0.39, 0.29) is 0 Å². The van der Waals surface area contributed by atoms with E-state index in [9.17, 15) is 4.57 Å². The number of rotatable bonds is 2. The molecule has 0 aliphatic carbocycles. The lowest BCUT2D eigenvalue weighted by molar-refractivity contribution is 0.588. The molecule has 0 aliphatic heterocycles. The fourth-order valence-corrected chi connectivity index (χ4v) is 3.13. The van der Waals surface area contributed by atoms with E-state index in [0.29, 0.717) is 5.69 Å². The third kappa shape index (κ3) is 2.23. The average Bonchev–Trinajstić information content (AvgIpc) is 2.81. The Labute approximate surface area is 117 Å². The van der Waals surface area contributed by atoms with Crippen LogP contribution in [0.3, 0.4) is 0 Å². The van der Waals surface area contributed by atoms with Crippen molar-refractivity contribution in [3.63, 3.8) is 0 Å². The zero-order chi connectivity index (χ0) is 14.3. The number of nitrogen functional groups attached to an aromatic ring is 1. The van der Waals surface area contributed by atoms with Gasteiger partial charge in [-0.25, -0.2) is 0 Å². The summed E-state index contributed by atoms with van der Waals surface area (Å²) in [5, 5.41) is 9.19. The van der Waals surface area contributed by atoms with E-state index in [1.54, 1.807) is 13.3 Å². The Balaban J connectivity index is 2.21. The van der Waals surface area contributed by atoms with Crippen LogP contribution in [0.5, 0.6) is 0 Å². The van der Waals surface area contributed by atoms with Crippen molar-refractivity contribution >= 4 is 29.0 Å². The molecule has 0 fully saturated rings. The van der Waals surface area contributed by atoms with E-state index >= 15 is 0 Å². The Morgan fingerprint density at radius 3 is 2.70 bits per heavy atom. The summed E-state index contributed by atoms with van der Waals surface area (Å²) in [4.78, 5) is 0. The molecule has 0 amide bonds. The standard InChI is InChI=1S/C15H16N3OP/c1-20(2,19)12-5-3-4-10(8-12)15-13-9-11(16)6-7-14(13)17-18-15/h3-9H,16H2,1-2H3,(H,17,18). The zero-order valence-electron chi connectivity index (χ0n) is 11.4. The van der Waals surface area contributed by atoms with Gasteiger partial charge in [0.25, 0.3) is 0 Å². The second kappa shape index (κ2) is 4.50. The minimum Gasteiger partial charge on any atom is -0.399 e. The van der Waals surface area contributed by atoms with Crippen molar-refractivity contribution in [1.82, 2.24) is 10.2 Å². The number of aromatic nitrogens is 2. The molecule has 4 nitrogen and oxygen atoms in total. The van der Waals surface area contributed by atoms with Crippen molar-refractivity contribution in [3.05, 3.63) is 42.5 Å². The van der Waals surface area contributed by atoms with E-state index in [1.807, 2.05) is 42.5 Å². The summed E-state index contributed by atoms with van der Waals surface area (Å²) in [7, 11) is -2.28. The molecule has 0 bridgehead atoms. The number of H-pyrrole nitrogens is 1. The van der Waals surface area contributed by atoms with E-state index < -0.39 is 7.14 Å². The van der Waals surface area contributed by atoms with Crippen molar-refractivity contribution in [2.45, 2.75) is 0 Å². The highest BCUT2D eigenvalue weighted by atomic mass is 31.2. The van der Waals surface area contributed by atoms with Crippen molar-refractivity contribution in [2.75, 3.05) is 19.1 Å². The second-order valence-electron chi connectivity index (χ2n) is 5.28. The minimum atomic E-state index is -2.28. The molecular formula is C15H16N3OP. The van der Waals surface area contributed by atoms with Gasteiger partial charge in [-0.05, 0) is 37.6 Å². The molecule has 0 saturated carbocycles. The Bertz CT molecular complexity index is 832. The summed E-state index contributed by atoms with van der Waals surface area (Å²) in [5.74, 6) is 0. The number of benzene rings is 2. The molecule has 3 aromatic rings. The summed E-state index contributed by atoms with van der Waals surface area (Å²) < 4.78 is 12.2. The molecule has 1 aromatic heterocycles. The van der Waals surface area contributed by atoms with Gasteiger partial charge in [0.2, 0.25) is 0 Å². The van der Waals surface area contributed by atoms with Crippen molar-refractivity contribution < 1.29 is 4.57 Å². The van der Waals surface area contributed by atoms with Gasteiger partial charge in [-0.2, -0.15) is 5.10 Å². The van der Waals surface area contributed by atoms with E-state index in [0.717, 1.165) is 27.5 Å². The number of anilines is 1. The van der Waals surface area contributed by atoms with Gasteiger partial charge in [0.15, 0.2) is 0 Å². The number of nitrogens with zero attached hydrogens (tertiary/aromatic N) is 1. The van der Waals surface area contributed by atoms with Gasteiger partial charge in [-0.1, -0.05) is 18.2 Å². The third-order valence-electron chi connectivity index (χ3n) is 3.33. The number of fused-ring (bicyclic) bond motifs is 1. The molecule has 0 radical (unpaired) electrons. The van der Waals surface area contributed by atoms with Gasteiger partial charge in [0.05, 0.1) is 11.2 Å². The number of aromatic amines is 1. The minimum absolute atomic E-state index is 0.702. The monoisotopic (exact) mass is 285 g/mol. The molecule has 0 spiro atoms. The molecule has 2 aromatic carbocycles. The van der Waals surface area contributed by atoms with Gasteiger partial charge in [-0.15, -0.1) is 0 Å². The predicted octanol–water partition coefficient (Wildman–Crippen LogP) is 3.06. The van der Waals surface area contributed by atoms with Crippen LogP contribution in [-0.2, 0) is 4.57 Å². The van der Waals surface area contributed by atoms with Crippen LogP contribution in [-0.4, -0.2) is 23.5 Å². The molecule has 1 heterocycles. The summed E-state index contributed by atoms with van der Waals surface area (Å²) in [6.45, 7) is 3.54. The summed E-state index contributed by atoms with van der Waals surface area (Å²) in [6.07, 6.45) is 0. The van der Waals surface area contributed by atoms with Gasteiger partial charge in [-0.3, -0.25) is 5.10 Å². The highest BCUT2D eigenvalue weighted by Gasteiger charge is 2.14. The lowest BCUT2D eigenvalue weighted by Crippen LogP contribution is -2.02. The van der Waals surface area contributed by atoms with Crippen LogP contribution >= 0.6 is 7.14 Å². The quantitative estimate of drug-likeness (QED) is 0.561. The van der Waals surface area contributed by atoms with Crippen LogP contribution in [0.25, 0.3) is 22.2 Å². The van der Waals surface area contributed by atoms with Crippen LogP contribution in [0.1, 0.15) is 0 Å². The van der Waals surface area contributed by atoms with Crippen LogP contribution in [0.2, 0.25) is 0 Å². The lowest BCUT2D eigenvalue weighted by Gasteiger charge is -2.08. The molecule has 3 rings (SSSR count). The lowest BCUT2D eigenvalue weighted by atomic mass is 10.1. The van der Waals surface area contributed by atoms with Gasteiger partial charge in [0, 0.05) is 21.9 Å². The molecule has 20 heavy (non-hydrogen) atoms. The van der Waals surface area contributed by atoms with Gasteiger partial charge < -0.3 is 10.3 Å². The smallest absolute Gasteiger partial charge is 0.109 e. The maximum Gasteiger partial charge on any atom is 0.109 e. The van der Waals surface area contributed by atoms with Gasteiger partial charge >= 0.3 is 0 Å². The van der Waals surface area contributed by atoms with Crippen LogP contribution < -0.4 is 11.0 Å². The molecule has 3 N–H and O–H groups in total. The first kappa shape index (κ1) is 12.9. The molecule has 0 saturated heterocycles. The maximum absolute atomic E-state index is 12.2. The van der Waals surface area contributed by atoms with E-state index in [1.165, 1.54) is 0 Å². The summed E-state index contributed by atoms with van der Waals surface area (Å²) >= 11 is 0. The van der Waals surface area contributed by atoms with Crippen LogP contribution in [0.4, 0.5) is 5.69 Å². The number of hydrogen-bond acceptors (Lipinski definition) is 3. The van der Waals surface area contributed by atoms with E-state index in [4.69, 9.17) is 5.73 Å². The highest BCUT2D eigenvalue weighted by molar-refractivity contribution is 7.70. The fourth-order valence-electron chi connectivity index (χ4n) is 2.24. The van der Waals surface area contributed by atoms with Gasteiger partial charge in [0.1, 0.15) is 7.14 Å². The number of nitrogens with two attached hydrogens (primary N) is 1. The van der Waals surface area contributed by atoms with Crippen molar-refractivity contribution in [1.29, 1.82) is 0 Å². The molecule has 0 atom stereocenters. The maximum atomic E-state index is 12.2. The number of nitrogens with one attached hydrogen (secondary N) is 1. The molecule has 0 unspecified atom stereocenters. The van der Waals surface area contributed by atoms with E-state index in [2.05, 4.69) is 10.2 Å². The molecule has 102 valence electrons. The van der Waals surface area contributed by atoms with Crippen molar-refractivity contribution in [3.8, 4) is 11.3 Å². The SMILES string of the molecule is CP(C)(=O)c1cccc(-c2n[nH]c3ccc(N)cc23)c1. The third-order valence-corrected chi connectivity index (χ3v) is 4.85. The topological polar surface area (TPSA) is 71.8 Å². The average molecular weight is 285 g/mol. The van der Waals surface area contributed by atoms with Crippen LogP contribution in [0.15, 0.2) is 42.5 Å². The normalized spacial score (nSPS) is 11.9.